The number of anilines is 1. The minimum absolute atomic E-state index is 0.0878. The van der Waals surface area contributed by atoms with Gasteiger partial charge < -0.3 is 9.73 Å². The molecular formula is C14H18ClN3O2. The molecule has 0 radical (unpaired) electrons. The van der Waals surface area contributed by atoms with Gasteiger partial charge in [-0.15, -0.1) is 0 Å². The van der Waals surface area contributed by atoms with Gasteiger partial charge in [-0.1, -0.05) is 24.9 Å². The number of aromatic nitrogens is 2. The third-order valence-electron chi connectivity index (χ3n) is 3.05. The summed E-state index contributed by atoms with van der Waals surface area (Å²) in [4.78, 5) is 12.1. The van der Waals surface area contributed by atoms with E-state index in [4.69, 9.17) is 16.0 Å². The van der Waals surface area contributed by atoms with E-state index >= 15 is 0 Å². The van der Waals surface area contributed by atoms with Gasteiger partial charge in [0.05, 0.1) is 24.2 Å². The Balaban J connectivity index is 2.17. The molecule has 2 aromatic heterocycles. The number of aryl methyl sites for hydroxylation is 1. The number of nitrogens with zero attached hydrogens (tertiary/aromatic N) is 2. The molecule has 20 heavy (non-hydrogen) atoms. The lowest BCUT2D eigenvalue weighted by Gasteiger charge is -2.14. The van der Waals surface area contributed by atoms with Crippen LogP contribution in [0.5, 0.6) is 0 Å². The maximum absolute atomic E-state index is 12.1. The molecule has 0 fully saturated rings. The molecule has 6 heteroatoms. The first kappa shape index (κ1) is 14.7. The second-order valence-electron chi connectivity index (χ2n) is 4.64. The van der Waals surface area contributed by atoms with Gasteiger partial charge >= 0.3 is 0 Å². The molecule has 0 aromatic carbocycles. The third-order valence-corrected chi connectivity index (χ3v) is 3.42. The van der Waals surface area contributed by atoms with E-state index in [1.165, 1.54) is 4.68 Å². The zero-order chi connectivity index (χ0) is 14.5. The molecule has 2 aromatic rings. The van der Waals surface area contributed by atoms with Gasteiger partial charge in [0.15, 0.2) is 0 Å². The fraction of sp³-hybridized carbons (Fsp3) is 0.429. The van der Waals surface area contributed by atoms with Crippen LogP contribution in [0.25, 0.3) is 0 Å². The molecule has 0 saturated heterocycles. The van der Waals surface area contributed by atoms with E-state index < -0.39 is 0 Å². The van der Waals surface area contributed by atoms with E-state index in [0.717, 1.165) is 18.6 Å². The van der Waals surface area contributed by atoms with E-state index in [-0.39, 0.29) is 16.6 Å². The smallest absolute Gasteiger partial charge is 0.287 e. The van der Waals surface area contributed by atoms with Crippen LogP contribution in [0.1, 0.15) is 38.5 Å². The predicted octanol–water partition coefficient (Wildman–Crippen LogP) is 3.46. The van der Waals surface area contributed by atoms with Crippen molar-refractivity contribution in [2.75, 3.05) is 5.32 Å². The average molecular weight is 296 g/mol. The summed E-state index contributed by atoms with van der Waals surface area (Å²) in [6.45, 7) is 4.58. The number of furan rings is 1. The van der Waals surface area contributed by atoms with Gasteiger partial charge in [0.1, 0.15) is 10.8 Å². The standard InChI is InChI=1S/C14H18ClN3O2/c1-3-4-7-18-14(19)13(15)11(9-16-18)17-10(2)12-6-5-8-20-12/h5-6,8-10,17H,3-4,7H2,1-2H3. The van der Waals surface area contributed by atoms with Gasteiger partial charge in [-0.05, 0) is 25.5 Å². The number of rotatable bonds is 6. The largest absolute Gasteiger partial charge is 0.467 e. The fourth-order valence-corrected chi connectivity index (χ4v) is 2.08. The number of hydrogen-bond acceptors (Lipinski definition) is 4. The van der Waals surface area contributed by atoms with Gasteiger partial charge in [0.2, 0.25) is 0 Å². The summed E-state index contributed by atoms with van der Waals surface area (Å²) in [6, 6.07) is 3.59. The molecule has 0 aliphatic heterocycles. The van der Waals surface area contributed by atoms with Crippen LogP contribution in [0, 0.1) is 0 Å². The summed E-state index contributed by atoms with van der Waals surface area (Å²) in [5.41, 5.74) is 0.255. The van der Waals surface area contributed by atoms with E-state index in [2.05, 4.69) is 17.3 Å². The Morgan fingerprint density at radius 1 is 1.55 bits per heavy atom. The lowest BCUT2D eigenvalue weighted by molar-refractivity contribution is 0.490. The van der Waals surface area contributed by atoms with Crippen molar-refractivity contribution in [2.45, 2.75) is 39.3 Å². The summed E-state index contributed by atoms with van der Waals surface area (Å²) in [5.74, 6) is 0.774. The van der Waals surface area contributed by atoms with E-state index in [0.29, 0.717) is 12.2 Å². The first-order chi connectivity index (χ1) is 9.63. The van der Waals surface area contributed by atoms with Crippen LogP contribution >= 0.6 is 11.6 Å². The van der Waals surface area contributed by atoms with Crippen molar-refractivity contribution in [3.8, 4) is 0 Å². The molecule has 0 spiro atoms. The molecule has 0 bridgehead atoms. The van der Waals surface area contributed by atoms with Crippen LogP contribution in [0.15, 0.2) is 33.8 Å². The van der Waals surface area contributed by atoms with Crippen molar-refractivity contribution in [3.63, 3.8) is 0 Å². The average Bonchev–Trinajstić information content (AvgIpc) is 2.97. The van der Waals surface area contributed by atoms with Crippen molar-refractivity contribution >= 4 is 17.3 Å². The summed E-state index contributed by atoms with van der Waals surface area (Å²) >= 11 is 6.12. The van der Waals surface area contributed by atoms with Crippen LogP contribution in [0.4, 0.5) is 5.69 Å². The summed E-state index contributed by atoms with van der Waals surface area (Å²) in [6.07, 6.45) is 5.09. The fourth-order valence-electron chi connectivity index (χ4n) is 1.87. The molecule has 108 valence electrons. The molecule has 1 unspecified atom stereocenters. The Morgan fingerprint density at radius 3 is 3.00 bits per heavy atom. The molecule has 1 N–H and O–H groups in total. The van der Waals surface area contributed by atoms with Crippen molar-refractivity contribution in [3.05, 3.63) is 45.7 Å². The molecule has 2 rings (SSSR count). The predicted molar refractivity (Wildman–Crippen MR) is 79.2 cm³/mol. The molecule has 5 nitrogen and oxygen atoms in total. The normalized spacial score (nSPS) is 12.3. The highest BCUT2D eigenvalue weighted by Gasteiger charge is 2.13. The highest BCUT2D eigenvalue weighted by Crippen LogP contribution is 2.22. The topological polar surface area (TPSA) is 60.1 Å². The summed E-state index contributed by atoms with van der Waals surface area (Å²) in [5, 5.41) is 7.43. The lowest BCUT2D eigenvalue weighted by atomic mass is 10.2. The Morgan fingerprint density at radius 2 is 2.35 bits per heavy atom. The Labute approximate surface area is 122 Å². The lowest BCUT2D eigenvalue weighted by Crippen LogP contribution is -2.24. The van der Waals surface area contributed by atoms with Gasteiger partial charge in [0.25, 0.3) is 5.56 Å². The van der Waals surface area contributed by atoms with Crippen molar-refractivity contribution < 1.29 is 4.42 Å². The van der Waals surface area contributed by atoms with Gasteiger partial charge in [-0.2, -0.15) is 5.10 Å². The number of halogens is 1. The van der Waals surface area contributed by atoms with E-state index in [1.807, 2.05) is 19.1 Å². The third kappa shape index (κ3) is 3.22. The van der Waals surface area contributed by atoms with Crippen molar-refractivity contribution in [1.29, 1.82) is 0 Å². The summed E-state index contributed by atoms with van der Waals surface area (Å²) in [7, 11) is 0. The maximum atomic E-state index is 12.1. The second kappa shape index (κ2) is 6.61. The molecular weight excluding hydrogens is 278 g/mol. The molecule has 0 saturated carbocycles. The van der Waals surface area contributed by atoms with Crippen LogP contribution in [0.2, 0.25) is 5.02 Å². The van der Waals surface area contributed by atoms with Crippen molar-refractivity contribution in [1.82, 2.24) is 9.78 Å². The highest BCUT2D eigenvalue weighted by molar-refractivity contribution is 6.32. The Kier molecular flexibility index (Phi) is 4.84. The zero-order valence-corrected chi connectivity index (χ0v) is 12.4. The van der Waals surface area contributed by atoms with Crippen LogP contribution < -0.4 is 10.9 Å². The SMILES string of the molecule is CCCCn1ncc(NC(C)c2ccco2)c(Cl)c1=O. The van der Waals surface area contributed by atoms with Crippen LogP contribution in [0.3, 0.4) is 0 Å². The number of hydrogen-bond donors (Lipinski definition) is 1. The Bertz CT molecular complexity index is 607. The minimum Gasteiger partial charge on any atom is -0.467 e. The quantitative estimate of drug-likeness (QED) is 0.886. The number of unbranched alkanes of at least 4 members (excludes halogenated alkanes) is 1. The maximum Gasteiger partial charge on any atom is 0.287 e. The number of nitrogens with one attached hydrogen (secondary N) is 1. The molecule has 1 atom stereocenters. The first-order valence-corrected chi connectivity index (χ1v) is 7.06. The Hall–Kier alpha value is -1.75. The van der Waals surface area contributed by atoms with Gasteiger partial charge in [0, 0.05) is 6.54 Å². The first-order valence-electron chi connectivity index (χ1n) is 6.69. The molecule has 2 heterocycles. The van der Waals surface area contributed by atoms with Crippen LogP contribution in [-0.4, -0.2) is 9.78 Å². The molecule has 0 aliphatic carbocycles. The van der Waals surface area contributed by atoms with Gasteiger partial charge in [-0.25, -0.2) is 4.68 Å². The monoisotopic (exact) mass is 295 g/mol. The van der Waals surface area contributed by atoms with E-state index in [9.17, 15) is 4.79 Å². The second-order valence-corrected chi connectivity index (χ2v) is 5.01. The van der Waals surface area contributed by atoms with Crippen molar-refractivity contribution in [2.24, 2.45) is 0 Å². The summed E-state index contributed by atoms with van der Waals surface area (Å²) < 4.78 is 6.70. The minimum atomic E-state index is -0.267. The van der Waals surface area contributed by atoms with Gasteiger partial charge in [-0.3, -0.25) is 4.79 Å². The molecule has 0 aliphatic rings. The molecule has 0 amide bonds. The van der Waals surface area contributed by atoms with E-state index in [1.54, 1.807) is 12.5 Å². The zero-order valence-electron chi connectivity index (χ0n) is 11.6. The highest BCUT2D eigenvalue weighted by atomic mass is 35.5. The van der Waals surface area contributed by atoms with Crippen LogP contribution in [-0.2, 0) is 6.54 Å².